The number of thiazole rings is 1. The van der Waals surface area contributed by atoms with Crippen molar-refractivity contribution in [3.63, 3.8) is 0 Å². The monoisotopic (exact) mass is 479 g/mol. The Hall–Kier alpha value is -2.96. The van der Waals surface area contributed by atoms with Gasteiger partial charge in [-0.2, -0.15) is 5.26 Å². The van der Waals surface area contributed by atoms with E-state index in [2.05, 4.69) is 26.7 Å². The zero-order valence-electron chi connectivity index (χ0n) is 17.3. The van der Waals surface area contributed by atoms with Crippen molar-refractivity contribution < 1.29 is 4.79 Å². The lowest BCUT2D eigenvalue weighted by molar-refractivity contribution is 0.102. The summed E-state index contributed by atoms with van der Waals surface area (Å²) in [6.07, 6.45) is 0. The molecule has 2 aromatic carbocycles. The molecule has 0 spiro atoms. The van der Waals surface area contributed by atoms with Gasteiger partial charge in [-0.05, 0) is 67.7 Å². The van der Waals surface area contributed by atoms with Crippen LogP contribution in [0.2, 0.25) is 5.02 Å². The van der Waals surface area contributed by atoms with Gasteiger partial charge in [0.15, 0.2) is 4.34 Å². The van der Waals surface area contributed by atoms with Crippen LogP contribution >= 0.6 is 34.7 Å². The van der Waals surface area contributed by atoms with Crippen LogP contribution in [0.25, 0.3) is 10.2 Å². The number of nitrogens with one attached hydrogen (secondary N) is 2. The maximum Gasteiger partial charge on any atom is 0.257 e. The van der Waals surface area contributed by atoms with Gasteiger partial charge in [0.05, 0.1) is 26.4 Å². The smallest absolute Gasteiger partial charge is 0.257 e. The minimum atomic E-state index is -0.270. The predicted molar refractivity (Wildman–Crippen MR) is 130 cm³/mol. The van der Waals surface area contributed by atoms with Gasteiger partial charge in [-0.1, -0.05) is 23.7 Å². The van der Waals surface area contributed by atoms with Gasteiger partial charge in [-0.3, -0.25) is 4.79 Å². The Morgan fingerprint density at radius 2 is 2.03 bits per heavy atom. The molecular weight excluding hydrogens is 462 g/mol. The van der Waals surface area contributed by atoms with Crippen LogP contribution in [-0.2, 0) is 6.54 Å². The highest BCUT2D eigenvalue weighted by molar-refractivity contribution is 8.01. The standard InChI is InChI=1S/C23H18ClN5OS2/c1-13-9-14(12-26-2)17(11-25)22(27-13)32-23-29-19-8-7-15(10-20(19)31-23)28-21(30)16-5-3-4-6-18(16)24/h3-10,26H,12H2,1-2H3,(H,28,30). The first-order valence-electron chi connectivity index (χ1n) is 9.68. The number of rotatable bonds is 6. The quantitative estimate of drug-likeness (QED) is 0.371. The summed E-state index contributed by atoms with van der Waals surface area (Å²) in [6, 6.07) is 16.7. The second kappa shape index (κ2) is 9.67. The summed E-state index contributed by atoms with van der Waals surface area (Å²) in [6.45, 7) is 2.50. The lowest BCUT2D eigenvalue weighted by atomic mass is 10.1. The third-order valence-electron chi connectivity index (χ3n) is 4.60. The maximum atomic E-state index is 12.5. The van der Waals surface area contributed by atoms with Crippen LogP contribution < -0.4 is 10.6 Å². The Morgan fingerprint density at radius 1 is 1.22 bits per heavy atom. The van der Waals surface area contributed by atoms with E-state index in [-0.39, 0.29) is 5.91 Å². The van der Waals surface area contributed by atoms with Crippen molar-refractivity contribution in [1.29, 1.82) is 5.26 Å². The summed E-state index contributed by atoms with van der Waals surface area (Å²) in [7, 11) is 1.85. The fourth-order valence-corrected chi connectivity index (χ4v) is 5.59. The third kappa shape index (κ3) is 4.76. The molecule has 6 nitrogen and oxygen atoms in total. The molecule has 4 aromatic rings. The molecule has 2 heterocycles. The van der Waals surface area contributed by atoms with E-state index in [1.54, 1.807) is 24.3 Å². The van der Waals surface area contributed by atoms with E-state index in [4.69, 9.17) is 11.6 Å². The Kier molecular flexibility index (Phi) is 6.72. The van der Waals surface area contributed by atoms with Crippen molar-refractivity contribution in [3.8, 4) is 6.07 Å². The van der Waals surface area contributed by atoms with Gasteiger partial charge in [-0.25, -0.2) is 9.97 Å². The number of halogens is 1. The summed E-state index contributed by atoms with van der Waals surface area (Å²) >= 11 is 8.99. The average molecular weight is 480 g/mol. The molecule has 0 atom stereocenters. The number of hydrogen-bond donors (Lipinski definition) is 2. The highest BCUT2D eigenvalue weighted by Crippen LogP contribution is 2.37. The fraction of sp³-hybridized carbons (Fsp3) is 0.130. The molecule has 32 heavy (non-hydrogen) atoms. The minimum Gasteiger partial charge on any atom is -0.322 e. The van der Waals surface area contributed by atoms with Crippen LogP contribution in [0.4, 0.5) is 5.69 Å². The molecule has 2 aromatic heterocycles. The van der Waals surface area contributed by atoms with Gasteiger partial charge in [-0.15, -0.1) is 11.3 Å². The summed E-state index contributed by atoms with van der Waals surface area (Å²) in [5.41, 5.74) is 4.21. The molecule has 0 saturated heterocycles. The van der Waals surface area contributed by atoms with Gasteiger partial charge in [0, 0.05) is 17.9 Å². The molecule has 0 unspecified atom stereocenters. The second-order valence-corrected chi connectivity index (χ2v) is 9.62. The second-order valence-electron chi connectivity index (χ2n) is 6.94. The summed E-state index contributed by atoms with van der Waals surface area (Å²) in [5, 5.41) is 16.7. The summed E-state index contributed by atoms with van der Waals surface area (Å²) in [4.78, 5) is 21.8. The Balaban J connectivity index is 1.60. The zero-order chi connectivity index (χ0) is 22.7. The van der Waals surface area contributed by atoms with Crippen LogP contribution in [-0.4, -0.2) is 22.9 Å². The molecule has 0 radical (unpaired) electrons. The Labute approximate surface area is 198 Å². The van der Waals surface area contributed by atoms with E-state index in [9.17, 15) is 10.1 Å². The van der Waals surface area contributed by atoms with Crippen molar-refractivity contribution >= 4 is 56.5 Å². The predicted octanol–water partition coefficient (Wildman–Crippen LogP) is 5.65. The lowest BCUT2D eigenvalue weighted by Gasteiger charge is -2.08. The maximum absolute atomic E-state index is 12.5. The number of benzene rings is 2. The molecule has 160 valence electrons. The van der Waals surface area contributed by atoms with Crippen molar-refractivity contribution in [3.05, 3.63) is 75.9 Å². The summed E-state index contributed by atoms with van der Waals surface area (Å²) in [5.74, 6) is -0.270. The number of aromatic nitrogens is 2. The van der Waals surface area contributed by atoms with E-state index in [1.807, 2.05) is 38.2 Å². The van der Waals surface area contributed by atoms with Crippen molar-refractivity contribution in [2.45, 2.75) is 22.8 Å². The average Bonchev–Trinajstić information content (AvgIpc) is 3.15. The number of carbonyl (C=O) groups excluding carboxylic acids is 1. The van der Waals surface area contributed by atoms with Gasteiger partial charge in [0.2, 0.25) is 0 Å². The SMILES string of the molecule is CNCc1cc(C)nc(Sc2nc3ccc(NC(=O)c4ccccc4Cl)cc3s2)c1C#N. The van der Waals surface area contributed by atoms with E-state index >= 15 is 0 Å². The summed E-state index contributed by atoms with van der Waals surface area (Å²) < 4.78 is 1.70. The number of hydrogen-bond acceptors (Lipinski definition) is 7. The molecular formula is C23H18ClN5OS2. The number of carbonyl (C=O) groups is 1. The minimum absolute atomic E-state index is 0.270. The Bertz CT molecular complexity index is 1360. The normalized spacial score (nSPS) is 10.8. The van der Waals surface area contributed by atoms with Crippen molar-refractivity contribution in [1.82, 2.24) is 15.3 Å². The number of anilines is 1. The lowest BCUT2D eigenvalue weighted by Crippen LogP contribution is -2.12. The van der Waals surface area contributed by atoms with Gasteiger partial charge < -0.3 is 10.6 Å². The molecule has 2 N–H and O–H groups in total. The van der Waals surface area contributed by atoms with E-state index in [0.717, 1.165) is 25.8 Å². The third-order valence-corrected chi connectivity index (χ3v) is 7.00. The highest BCUT2D eigenvalue weighted by atomic mass is 35.5. The van der Waals surface area contributed by atoms with Crippen LogP contribution in [0.5, 0.6) is 0 Å². The molecule has 9 heteroatoms. The van der Waals surface area contributed by atoms with E-state index in [0.29, 0.717) is 33.4 Å². The molecule has 4 rings (SSSR count). The fourth-order valence-electron chi connectivity index (χ4n) is 3.18. The zero-order valence-corrected chi connectivity index (χ0v) is 19.7. The first-order valence-corrected chi connectivity index (χ1v) is 11.7. The van der Waals surface area contributed by atoms with Gasteiger partial charge in [0.1, 0.15) is 11.1 Å². The number of fused-ring (bicyclic) bond motifs is 1. The van der Waals surface area contributed by atoms with Crippen molar-refractivity contribution in [2.24, 2.45) is 0 Å². The molecule has 0 fully saturated rings. The van der Waals surface area contributed by atoms with Gasteiger partial charge >= 0.3 is 0 Å². The highest BCUT2D eigenvalue weighted by Gasteiger charge is 2.16. The number of pyridine rings is 1. The molecule has 0 aliphatic rings. The largest absolute Gasteiger partial charge is 0.322 e. The number of nitrogens with zero attached hydrogens (tertiary/aromatic N) is 3. The van der Waals surface area contributed by atoms with Crippen molar-refractivity contribution in [2.75, 3.05) is 12.4 Å². The van der Waals surface area contributed by atoms with E-state index < -0.39 is 0 Å². The van der Waals surface area contributed by atoms with Crippen LogP contribution in [0.1, 0.15) is 27.2 Å². The van der Waals surface area contributed by atoms with Gasteiger partial charge in [0.25, 0.3) is 5.91 Å². The van der Waals surface area contributed by atoms with Crippen LogP contribution in [0, 0.1) is 18.3 Å². The topological polar surface area (TPSA) is 90.7 Å². The van der Waals surface area contributed by atoms with E-state index in [1.165, 1.54) is 23.1 Å². The molecule has 0 saturated carbocycles. The molecule has 0 bridgehead atoms. The first-order chi connectivity index (χ1) is 15.5. The number of nitriles is 1. The molecule has 0 aliphatic carbocycles. The molecule has 1 amide bonds. The van der Waals surface area contributed by atoms with Crippen LogP contribution in [0.3, 0.4) is 0 Å². The first kappa shape index (κ1) is 22.2. The number of aryl methyl sites for hydroxylation is 1. The Morgan fingerprint density at radius 3 is 2.78 bits per heavy atom. The number of amides is 1. The molecule has 0 aliphatic heterocycles. The van der Waals surface area contributed by atoms with Crippen LogP contribution in [0.15, 0.2) is 57.9 Å².